The largest absolute Gasteiger partial charge is 0.311 e. The van der Waals surface area contributed by atoms with Gasteiger partial charge in [-0.05, 0) is 31.2 Å². The van der Waals surface area contributed by atoms with E-state index >= 15 is 0 Å². The summed E-state index contributed by atoms with van der Waals surface area (Å²) in [7, 11) is 0. The van der Waals surface area contributed by atoms with E-state index in [9.17, 15) is 4.79 Å². The van der Waals surface area contributed by atoms with Crippen LogP contribution in [0, 0.1) is 6.92 Å². The average Bonchev–Trinajstić information content (AvgIpc) is 2.27. The third-order valence-electron chi connectivity index (χ3n) is 2.11. The molecule has 1 aromatic carbocycles. The Bertz CT molecular complexity index is 565. The summed E-state index contributed by atoms with van der Waals surface area (Å²) in [5.74, 6) is 1.32. The van der Waals surface area contributed by atoms with Gasteiger partial charge in [0.1, 0.15) is 5.82 Å². The number of aromatic amines is 1. The van der Waals surface area contributed by atoms with Crippen molar-refractivity contribution in [2.75, 3.05) is 0 Å². The summed E-state index contributed by atoms with van der Waals surface area (Å²) in [5, 5.41) is 0.722. The van der Waals surface area contributed by atoms with E-state index in [0.717, 1.165) is 15.6 Å². The first-order chi connectivity index (χ1) is 8.13. The highest BCUT2D eigenvalue weighted by atomic mass is 35.5. The second-order valence-corrected chi connectivity index (χ2v) is 5.05. The highest BCUT2D eigenvalue weighted by Crippen LogP contribution is 2.23. The molecular formula is C12H11ClN2OS. The molecule has 17 heavy (non-hydrogen) atoms. The molecule has 1 aromatic heterocycles. The fourth-order valence-corrected chi connectivity index (χ4v) is 2.32. The zero-order chi connectivity index (χ0) is 12.3. The van der Waals surface area contributed by atoms with E-state index < -0.39 is 0 Å². The molecule has 0 aliphatic carbocycles. The van der Waals surface area contributed by atoms with E-state index in [1.54, 1.807) is 18.7 Å². The fraction of sp³-hybridized carbons (Fsp3) is 0.167. The number of thioether (sulfide) groups is 1. The minimum absolute atomic E-state index is 0.107. The first-order valence-corrected chi connectivity index (χ1v) is 6.45. The molecular weight excluding hydrogens is 256 g/mol. The van der Waals surface area contributed by atoms with Crippen LogP contribution < -0.4 is 5.56 Å². The monoisotopic (exact) mass is 266 g/mol. The number of hydrogen-bond acceptors (Lipinski definition) is 3. The second-order valence-electron chi connectivity index (χ2n) is 3.56. The molecule has 0 bridgehead atoms. The van der Waals surface area contributed by atoms with Gasteiger partial charge in [-0.15, -0.1) is 11.8 Å². The number of nitrogens with one attached hydrogen (secondary N) is 1. The highest BCUT2D eigenvalue weighted by Gasteiger charge is 2.00. The Morgan fingerprint density at radius 3 is 2.71 bits per heavy atom. The van der Waals surface area contributed by atoms with Gasteiger partial charge in [0.15, 0.2) is 0 Å². The smallest absolute Gasteiger partial charge is 0.251 e. The van der Waals surface area contributed by atoms with Gasteiger partial charge in [-0.25, -0.2) is 4.98 Å². The molecule has 0 unspecified atom stereocenters. The Balaban J connectivity index is 2.07. The molecule has 0 saturated carbocycles. The lowest BCUT2D eigenvalue weighted by atomic mass is 10.4. The molecule has 2 aromatic rings. The summed E-state index contributed by atoms with van der Waals surface area (Å²) in [6.07, 6.45) is 0. The lowest BCUT2D eigenvalue weighted by Gasteiger charge is -2.02. The van der Waals surface area contributed by atoms with Crippen LogP contribution in [0.5, 0.6) is 0 Å². The van der Waals surface area contributed by atoms with Gasteiger partial charge in [-0.3, -0.25) is 4.79 Å². The predicted molar refractivity (Wildman–Crippen MR) is 70.6 cm³/mol. The zero-order valence-corrected chi connectivity index (χ0v) is 10.8. The van der Waals surface area contributed by atoms with Crippen molar-refractivity contribution in [2.45, 2.75) is 17.6 Å². The molecule has 0 aliphatic heterocycles. The molecule has 1 N–H and O–H groups in total. The molecule has 5 heteroatoms. The number of rotatable bonds is 3. The lowest BCUT2D eigenvalue weighted by molar-refractivity contribution is 0.974. The van der Waals surface area contributed by atoms with Crippen LogP contribution in [0.1, 0.15) is 11.5 Å². The first-order valence-electron chi connectivity index (χ1n) is 5.09. The van der Waals surface area contributed by atoms with Crippen LogP contribution >= 0.6 is 23.4 Å². The lowest BCUT2D eigenvalue weighted by Crippen LogP contribution is -2.09. The molecule has 3 nitrogen and oxygen atoms in total. The number of benzene rings is 1. The van der Waals surface area contributed by atoms with Gasteiger partial charge in [-0.1, -0.05) is 11.6 Å². The molecule has 0 saturated heterocycles. The maximum atomic E-state index is 11.2. The van der Waals surface area contributed by atoms with Gasteiger partial charge in [0, 0.05) is 21.7 Å². The Morgan fingerprint density at radius 1 is 1.35 bits per heavy atom. The standard InChI is InChI=1S/C12H11ClN2OS/c1-8-14-10(6-12(16)15-8)7-17-11-4-2-9(13)3-5-11/h2-6H,7H2,1H3,(H,14,15,16). The molecule has 0 aliphatic rings. The summed E-state index contributed by atoms with van der Waals surface area (Å²) < 4.78 is 0. The molecule has 1 heterocycles. The van der Waals surface area contributed by atoms with Crippen LogP contribution in [-0.4, -0.2) is 9.97 Å². The number of nitrogens with zero attached hydrogens (tertiary/aromatic N) is 1. The molecule has 0 radical (unpaired) electrons. The van der Waals surface area contributed by atoms with E-state index in [4.69, 9.17) is 11.6 Å². The van der Waals surface area contributed by atoms with Gasteiger partial charge >= 0.3 is 0 Å². The van der Waals surface area contributed by atoms with Crippen molar-refractivity contribution in [1.29, 1.82) is 0 Å². The summed E-state index contributed by atoms with van der Waals surface area (Å²) in [5.41, 5.74) is 0.676. The third-order valence-corrected chi connectivity index (χ3v) is 3.41. The van der Waals surface area contributed by atoms with Crippen LogP contribution in [0.25, 0.3) is 0 Å². The Morgan fingerprint density at radius 2 is 2.06 bits per heavy atom. The van der Waals surface area contributed by atoms with Crippen molar-refractivity contribution in [2.24, 2.45) is 0 Å². The van der Waals surface area contributed by atoms with E-state index in [-0.39, 0.29) is 5.56 Å². The van der Waals surface area contributed by atoms with Gasteiger partial charge in [0.05, 0.1) is 5.69 Å². The van der Waals surface area contributed by atoms with Crippen LogP contribution in [0.3, 0.4) is 0 Å². The van der Waals surface area contributed by atoms with E-state index in [0.29, 0.717) is 11.6 Å². The van der Waals surface area contributed by atoms with Crippen molar-refractivity contribution < 1.29 is 0 Å². The first kappa shape index (κ1) is 12.2. The van der Waals surface area contributed by atoms with Crippen molar-refractivity contribution >= 4 is 23.4 Å². The molecule has 0 fully saturated rings. The number of aryl methyl sites for hydroxylation is 1. The summed E-state index contributed by atoms with van der Waals surface area (Å²) in [4.78, 5) is 19.2. The van der Waals surface area contributed by atoms with Crippen molar-refractivity contribution in [3.8, 4) is 0 Å². The van der Waals surface area contributed by atoms with Gasteiger partial charge in [-0.2, -0.15) is 0 Å². The van der Waals surface area contributed by atoms with E-state index in [1.807, 2.05) is 24.3 Å². The van der Waals surface area contributed by atoms with Gasteiger partial charge < -0.3 is 4.98 Å². The highest BCUT2D eigenvalue weighted by molar-refractivity contribution is 7.98. The average molecular weight is 267 g/mol. The maximum absolute atomic E-state index is 11.2. The summed E-state index contributed by atoms with van der Waals surface area (Å²) in [6.45, 7) is 1.78. The van der Waals surface area contributed by atoms with Crippen molar-refractivity contribution in [1.82, 2.24) is 9.97 Å². The fourth-order valence-electron chi connectivity index (χ4n) is 1.40. The molecule has 0 amide bonds. The number of H-pyrrole nitrogens is 1. The minimum atomic E-state index is -0.107. The van der Waals surface area contributed by atoms with Crippen molar-refractivity contribution in [3.05, 3.63) is 57.2 Å². The summed E-state index contributed by atoms with van der Waals surface area (Å²) >= 11 is 7.43. The molecule has 0 atom stereocenters. The predicted octanol–water partition coefficient (Wildman–Crippen LogP) is 3.02. The third kappa shape index (κ3) is 3.61. The second kappa shape index (κ2) is 5.38. The van der Waals surface area contributed by atoms with Crippen molar-refractivity contribution in [3.63, 3.8) is 0 Å². The molecule has 0 spiro atoms. The Kier molecular flexibility index (Phi) is 3.86. The number of hydrogen-bond donors (Lipinski definition) is 1. The van der Waals surface area contributed by atoms with E-state index in [2.05, 4.69) is 9.97 Å². The topological polar surface area (TPSA) is 45.8 Å². The van der Waals surface area contributed by atoms with Crippen LogP contribution in [0.2, 0.25) is 5.02 Å². The Labute approximate surface area is 108 Å². The zero-order valence-electron chi connectivity index (χ0n) is 9.24. The molecule has 2 rings (SSSR count). The normalized spacial score (nSPS) is 10.5. The van der Waals surface area contributed by atoms with Crippen LogP contribution in [0.15, 0.2) is 40.0 Å². The van der Waals surface area contributed by atoms with E-state index in [1.165, 1.54) is 6.07 Å². The van der Waals surface area contributed by atoms with Gasteiger partial charge in [0.2, 0.25) is 0 Å². The van der Waals surface area contributed by atoms with Crippen LogP contribution in [0.4, 0.5) is 0 Å². The number of aromatic nitrogens is 2. The SMILES string of the molecule is Cc1nc(CSc2ccc(Cl)cc2)cc(=O)[nH]1. The minimum Gasteiger partial charge on any atom is -0.311 e. The van der Waals surface area contributed by atoms with Crippen LogP contribution in [-0.2, 0) is 5.75 Å². The Hall–Kier alpha value is -1.26. The quantitative estimate of drug-likeness (QED) is 0.869. The molecule has 88 valence electrons. The van der Waals surface area contributed by atoms with Gasteiger partial charge in [0.25, 0.3) is 5.56 Å². The summed E-state index contributed by atoms with van der Waals surface area (Å²) in [6, 6.07) is 9.12. The number of halogens is 1. The maximum Gasteiger partial charge on any atom is 0.251 e.